The van der Waals surface area contributed by atoms with Gasteiger partial charge in [0.15, 0.2) is 5.84 Å². The normalized spacial score (nSPS) is 19.9. The number of carbonyl (C=O) groups is 2. The number of anilines is 1. The van der Waals surface area contributed by atoms with Gasteiger partial charge < -0.3 is 16.0 Å². The molecule has 0 fully saturated rings. The van der Waals surface area contributed by atoms with Crippen LogP contribution in [-0.4, -0.2) is 41.1 Å². The lowest BCUT2D eigenvalue weighted by Crippen LogP contribution is -2.50. The molecule has 0 saturated carbocycles. The summed E-state index contributed by atoms with van der Waals surface area (Å²) >= 11 is 5.79. The maximum Gasteiger partial charge on any atom is 0.288 e. The van der Waals surface area contributed by atoms with Gasteiger partial charge in [0.1, 0.15) is 11.2 Å². The molecule has 2 amide bonds. The highest BCUT2D eigenvalue weighted by molar-refractivity contribution is 6.37. The van der Waals surface area contributed by atoms with Crippen LogP contribution in [-0.2, 0) is 10.3 Å². The molecule has 1 aromatic carbocycles. The first-order valence-electron chi connectivity index (χ1n) is 7.93. The lowest BCUT2D eigenvalue weighted by molar-refractivity contribution is -0.124. The van der Waals surface area contributed by atoms with Gasteiger partial charge in [0, 0.05) is 25.5 Å². The Hall–Kier alpha value is -2.93. The summed E-state index contributed by atoms with van der Waals surface area (Å²) in [7, 11) is 1.68. The lowest BCUT2D eigenvalue weighted by atomic mass is 9.90. The number of benzene rings is 1. The summed E-state index contributed by atoms with van der Waals surface area (Å²) in [6.45, 7) is 2.28. The van der Waals surface area contributed by atoms with E-state index in [0.717, 1.165) is 5.56 Å². The van der Waals surface area contributed by atoms with E-state index in [9.17, 15) is 9.59 Å². The number of nitrogens with zero attached hydrogens (tertiary/aromatic N) is 3. The third kappa shape index (κ3) is 3.52. The zero-order valence-electron chi connectivity index (χ0n) is 14.4. The van der Waals surface area contributed by atoms with Crippen molar-refractivity contribution in [3.8, 4) is 0 Å². The van der Waals surface area contributed by atoms with Crippen LogP contribution >= 0.6 is 11.6 Å². The van der Waals surface area contributed by atoms with Crippen molar-refractivity contribution in [1.82, 2.24) is 9.88 Å². The highest BCUT2D eigenvalue weighted by Crippen LogP contribution is 2.30. The number of amidine groups is 1. The Kier molecular flexibility index (Phi) is 4.65. The van der Waals surface area contributed by atoms with Gasteiger partial charge in [-0.1, -0.05) is 23.7 Å². The number of hydrogen-bond acceptors (Lipinski definition) is 5. The number of aliphatic imine (C=N–C) groups is 1. The van der Waals surface area contributed by atoms with E-state index in [-0.39, 0.29) is 23.3 Å². The quantitative estimate of drug-likeness (QED) is 0.861. The number of rotatable bonds is 3. The van der Waals surface area contributed by atoms with E-state index in [1.165, 1.54) is 11.1 Å². The van der Waals surface area contributed by atoms with E-state index in [2.05, 4.69) is 15.3 Å². The second-order valence-electron chi connectivity index (χ2n) is 6.33. The Morgan fingerprint density at radius 1 is 1.35 bits per heavy atom. The van der Waals surface area contributed by atoms with Crippen molar-refractivity contribution < 1.29 is 9.59 Å². The molecule has 0 unspecified atom stereocenters. The monoisotopic (exact) mass is 371 g/mol. The fraction of sp³-hybridized carbons (Fsp3) is 0.222. The molecule has 0 spiro atoms. The maximum atomic E-state index is 12.3. The van der Waals surface area contributed by atoms with Gasteiger partial charge in [-0.3, -0.25) is 14.6 Å². The van der Waals surface area contributed by atoms with Gasteiger partial charge in [0.05, 0.1) is 5.02 Å². The van der Waals surface area contributed by atoms with E-state index < -0.39 is 5.54 Å². The Balaban J connectivity index is 1.85. The summed E-state index contributed by atoms with van der Waals surface area (Å²) < 4.78 is 0. The molecule has 2 heterocycles. The molecule has 3 N–H and O–H groups in total. The summed E-state index contributed by atoms with van der Waals surface area (Å²) in [4.78, 5) is 34.1. The Labute approximate surface area is 155 Å². The second-order valence-corrected chi connectivity index (χ2v) is 6.77. The van der Waals surface area contributed by atoms with E-state index in [1.807, 2.05) is 25.1 Å². The smallest absolute Gasteiger partial charge is 0.288 e. The molecule has 1 aliphatic heterocycles. The fourth-order valence-corrected chi connectivity index (χ4v) is 2.98. The largest absolute Gasteiger partial charge is 0.379 e. The fourth-order valence-electron chi connectivity index (χ4n) is 2.87. The molecule has 0 saturated heterocycles. The minimum Gasteiger partial charge on any atom is -0.379 e. The summed E-state index contributed by atoms with van der Waals surface area (Å²) in [6, 6.07) is 10.4. The van der Waals surface area contributed by atoms with Gasteiger partial charge in [-0.05, 0) is 36.8 Å². The third-order valence-corrected chi connectivity index (χ3v) is 4.40. The van der Waals surface area contributed by atoms with Crippen molar-refractivity contribution in [2.24, 2.45) is 10.7 Å². The van der Waals surface area contributed by atoms with E-state index >= 15 is 0 Å². The van der Waals surface area contributed by atoms with Gasteiger partial charge in [0.25, 0.3) is 11.8 Å². The average molecular weight is 372 g/mol. The zero-order chi connectivity index (χ0) is 18.9. The molecule has 1 aromatic heterocycles. The van der Waals surface area contributed by atoms with Crippen LogP contribution in [0.15, 0.2) is 47.6 Å². The second kappa shape index (κ2) is 6.76. The molecule has 26 heavy (non-hydrogen) atoms. The molecule has 8 heteroatoms. The highest BCUT2D eigenvalue weighted by Gasteiger charge is 2.35. The average Bonchev–Trinajstić information content (AvgIpc) is 2.60. The van der Waals surface area contributed by atoms with Crippen LogP contribution in [0.2, 0.25) is 5.02 Å². The molecular formula is C18H18ClN5O2. The Morgan fingerprint density at radius 3 is 2.77 bits per heavy atom. The number of carbonyl (C=O) groups excluding carboxylic acids is 2. The summed E-state index contributed by atoms with van der Waals surface area (Å²) in [5.74, 6) is -0.662. The molecule has 134 valence electrons. The van der Waals surface area contributed by atoms with Gasteiger partial charge in [-0.2, -0.15) is 0 Å². The van der Waals surface area contributed by atoms with Crippen LogP contribution in [0.3, 0.4) is 0 Å². The highest BCUT2D eigenvalue weighted by atomic mass is 35.5. The molecule has 3 rings (SSSR count). The van der Waals surface area contributed by atoms with Crippen molar-refractivity contribution in [2.45, 2.75) is 12.5 Å². The minimum atomic E-state index is -0.688. The standard InChI is InChI=1S/C18H18ClN5O2/c1-18(10-24(2)17(26)15(20)23-18)11-4-3-5-13(8-11)22-16(25)14-7-6-12(19)9-21-14/h3-9H,10H2,1-2H3,(H2,20,23)(H,22,25)/t18-/m1/s1. The number of hydrogen-bond donors (Lipinski definition) is 2. The number of likely N-dealkylation sites (N-methyl/N-ethyl adjacent to an activating group) is 1. The van der Waals surface area contributed by atoms with Crippen LogP contribution in [0.1, 0.15) is 23.0 Å². The minimum absolute atomic E-state index is 0.0268. The van der Waals surface area contributed by atoms with Crippen LogP contribution < -0.4 is 11.1 Å². The van der Waals surface area contributed by atoms with Gasteiger partial charge >= 0.3 is 0 Å². The van der Waals surface area contributed by atoms with E-state index in [0.29, 0.717) is 17.3 Å². The van der Waals surface area contributed by atoms with Crippen molar-refractivity contribution >= 4 is 34.9 Å². The topological polar surface area (TPSA) is 101 Å². The van der Waals surface area contributed by atoms with Crippen molar-refractivity contribution in [2.75, 3.05) is 18.9 Å². The van der Waals surface area contributed by atoms with Crippen molar-refractivity contribution in [3.63, 3.8) is 0 Å². The number of nitrogens with one attached hydrogen (secondary N) is 1. The summed E-state index contributed by atoms with van der Waals surface area (Å²) in [5, 5.41) is 3.26. The number of aromatic nitrogens is 1. The molecule has 2 aromatic rings. The molecule has 7 nitrogen and oxygen atoms in total. The van der Waals surface area contributed by atoms with E-state index in [4.69, 9.17) is 17.3 Å². The van der Waals surface area contributed by atoms with E-state index in [1.54, 1.807) is 25.2 Å². The molecule has 0 aliphatic carbocycles. The predicted octanol–water partition coefficient (Wildman–Crippen LogP) is 2.03. The van der Waals surface area contributed by atoms with Gasteiger partial charge in [-0.15, -0.1) is 0 Å². The Bertz CT molecular complexity index is 897. The maximum absolute atomic E-state index is 12.3. The third-order valence-electron chi connectivity index (χ3n) is 4.18. The van der Waals surface area contributed by atoms with Crippen LogP contribution in [0.25, 0.3) is 0 Å². The molecule has 1 atom stereocenters. The predicted molar refractivity (Wildman–Crippen MR) is 100 cm³/mol. The number of pyridine rings is 1. The molecule has 0 bridgehead atoms. The van der Waals surface area contributed by atoms with Crippen LogP contribution in [0, 0.1) is 0 Å². The first kappa shape index (κ1) is 17.9. The zero-order valence-corrected chi connectivity index (χ0v) is 15.1. The SMILES string of the molecule is CN1C[C@](C)(c2cccc(NC(=O)c3ccc(Cl)cn3)c2)N=C(N)C1=O. The van der Waals surface area contributed by atoms with Crippen molar-refractivity contribution in [1.29, 1.82) is 0 Å². The molecule has 1 aliphatic rings. The lowest BCUT2D eigenvalue weighted by Gasteiger charge is -2.35. The summed E-state index contributed by atoms with van der Waals surface area (Å²) in [5.41, 5.74) is 6.76. The molecule has 0 radical (unpaired) electrons. The first-order valence-corrected chi connectivity index (χ1v) is 8.30. The van der Waals surface area contributed by atoms with Gasteiger partial charge in [-0.25, -0.2) is 4.98 Å². The number of nitrogens with two attached hydrogens (primary N) is 1. The first-order chi connectivity index (χ1) is 12.3. The number of amides is 2. The summed E-state index contributed by atoms with van der Waals surface area (Å²) in [6.07, 6.45) is 1.42. The number of halogens is 1. The van der Waals surface area contributed by atoms with Crippen molar-refractivity contribution in [3.05, 3.63) is 58.9 Å². The molecular weight excluding hydrogens is 354 g/mol. The van der Waals surface area contributed by atoms with Crippen LogP contribution in [0.4, 0.5) is 5.69 Å². The van der Waals surface area contributed by atoms with Gasteiger partial charge in [0.2, 0.25) is 0 Å². The Morgan fingerprint density at radius 2 is 2.12 bits per heavy atom. The van der Waals surface area contributed by atoms with Crippen LogP contribution in [0.5, 0.6) is 0 Å².